The number of nitrogens with zero attached hydrogens (tertiary/aromatic N) is 3. The lowest BCUT2D eigenvalue weighted by Gasteiger charge is -2.27. The van der Waals surface area contributed by atoms with E-state index in [1.165, 1.54) is 12.3 Å². The third-order valence-corrected chi connectivity index (χ3v) is 3.49. The second-order valence-corrected chi connectivity index (χ2v) is 5.01. The fourth-order valence-electron chi connectivity index (χ4n) is 2.52. The molecule has 1 aromatic rings. The van der Waals surface area contributed by atoms with E-state index in [0.717, 1.165) is 19.3 Å². The highest BCUT2D eigenvalue weighted by Crippen LogP contribution is 2.31. The van der Waals surface area contributed by atoms with Gasteiger partial charge in [0.05, 0.1) is 4.92 Å². The monoisotopic (exact) mass is 279 g/mol. The maximum Gasteiger partial charge on any atom is 0.326 e. The summed E-state index contributed by atoms with van der Waals surface area (Å²) >= 11 is 0. The Morgan fingerprint density at radius 2 is 2.25 bits per heavy atom. The zero-order valence-corrected chi connectivity index (χ0v) is 11.3. The van der Waals surface area contributed by atoms with Gasteiger partial charge in [-0.1, -0.05) is 12.8 Å². The smallest absolute Gasteiger partial charge is 0.326 e. The van der Waals surface area contributed by atoms with Crippen LogP contribution in [0.4, 0.5) is 11.5 Å². The number of carboxylic acid groups (broad SMARTS) is 1. The van der Waals surface area contributed by atoms with Crippen LogP contribution in [0.5, 0.6) is 0 Å². The van der Waals surface area contributed by atoms with Crippen molar-refractivity contribution in [2.45, 2.75) is 38.6 Å². The molecule has 1 aliphatic heterocycles. The molecule has 108 valence electrons. The van der Waals surface area contributed by atoms with Gasteiger partial charge in [-0.15, -0.1) is 0 Å². The molecule has 0 aromatic carbocycles. The molecule has 0 bridgehead atoms. The molecule has 0 spiro atoms. The number of aromatic nitrogens is 1. The summed E-state index contributed by atoms with van der Waals surface area (Å²) in [7, 11) is 0. The van der Waals surface area contributed by atoms with Gasteiger partial charge in [0, 0.05) is 18.8 Å². The van der Waals surface area contributed by atoms with Crippen LogP contribution in [0.2, 0.25) is 0 Å². The van der Waals surface area contributed by atoms with Crippen molar-refractivity contribution in [1.29, 1.82) is 0 Å². The van der Waals surface area contributed by atoms with E-state index in [-0.39, 0.29) is 11.5 Å². The maximum absolute atomic E-state index is 11.4. The second kappa shape index (κ2) is 5.85. The van der Waals surface area contributed by atoms with Crippen LogP contribution in [0, 0.1) is 17.0 Å². The van der Waals surface area contributed by atoms with E-state index < -0.39 is 16.9 Å². The van der Waals surface area contributed by atoms with Gasteiger partial charge < -0.3 is 10.0 Å². The van der Waals surface area contributed by atoms with Gasteiger partial charge in [0.2, 0.25) is 5.82 Å². The third-order valence-electron chi connectivity index (χ3n) is 3.49. The molecule has 1 fully saturated rings. The molecule has 2 rings (SSSR count). The number of carbonyl (C=O) groups is 1. The van der Waals surface area contributed by atoms with Crippen LogP contribution >= 0.6 is 0 Å². The first kappa shape index (κ1) is 14.2. The average Bonchev–Trinajstić information content (AvgIpc) is 2.64. The molecule has 20 heavy (non-hydrogen) atoms. The van der Waals surface area contributed by atoms with Crippen molar-refractivity contribution in [3.8, 4) is 0 Å². The topological polar surface area (TPSA) is 96.6 Å². The Morgan fingerprint density at radius 1 is 1.50 bits per heavy atom. The third kappa shape index (κ3) is 2.87. The van der Waals surface area contributed by atoms with Crippen LogP contribution < -0.4 is 4.90 Å². The summed E-state index contributed by atoms with van der Waals surface area (Å²) in [6, 6.07) is 0.693. The first-order valence-corrected chi connectivity index (χ1v) is 6.61. The molecule has 1 unspecified atom stereocenters. The molecule has 1 aromatic heterocycles. The predicted molar refractivity (Wildman–Crippen MR) is 72.9 cm³/mol. The first-order valence-electron chi connectivity index (χ1n) is 6.61. The lowest BCUT2D eigenvalue weighted by molar-refractivity contribution is -0.384. The molecular formula is C13H17N3O4. The van der Waals surface area contributed by atoms with Crippen LogP contribution in [0.3, 0.4) is 0 Å². The SMILES string of the molecule is Cc1cnc(N2CCCCCC2C(=O)O)c([N+](=O)[O-])c1. The number of carboxylic acids is 1. The summed E-state index contributed by atoms with van der Waals surface area (Å²) in [5, 5.41) is 20.5. The van der Waals surface area contributed by atoms with E-state index in [9.17, 15) is 20.0 Å². The van der Waals surface area contributed by atoms with Gasteiger partial charge >= 0.3 is 11.7 Å². The van der Waals surface area contributed by atoms with Gasteiger partial charge in [0.1, 0.15) is 6.04 Å². The van der Waals surface area contributed by atoms with Crippen LogP contribution in [0.15, 0.2) is 12.3 Å². The molecule has 7 nitrogen and oxygen atoms in total. The largest absolute Gasteiger partial charge is 0.480 e. The van der Waals surface area contributed by atoms with E-state index in [4.69, 9.17) is 0 Å². The maximum atomic E-state index is 11.4. The highest BCUT2D eigenvalue weighted by atomic mass is 16.6. The minimum Gasteiger partial charge on any atom is -0.480 e. The Labute approximate surface area is 116 Å². The molecule has 1 N–H and O–H groups in total. The van der Waals surface area contributed by atoms with Gasteiger partial charge in [-0.05, 0) is 25.3 Å². The molecule has 1 aliphatic rings. The molecule has 0 radical (unpaired) electrons. The molecule has 0 aliphatic carbocycles. The van der Waals surface area contributed by atoms with Crippen molar-refractivity contribution in [1.82, 2.24) is 4.98 Å². The molecule has 7 heteroatoms. The first-order chi connectivity index (χ1) is 9.50. The number of hydrogen-bond donors (Lipinski definition) is 1. The summed E-state index contributed by atoms with van der Waals surface area (Å²) in [5.74, 6) is -0.793. The minimum atomic E-state index is -0.955. The van der Waals surface area contributed by atoms with E-state index in [2.05, 4.69) is 4.98 Å². The Kier molecular flexibility index (Phi) is 4.16. The zero-order valence-electron chi connectivity index (χ0n) is 11.3. The van der Waals surface area contributed by atoms with Crippen LogP contribution in [0.1, 0.15) is 31.2 Å². The lowest BCUT2D eigenvalue weighted by atomic mass is 10.1. The number of aliphatic carboxylic acids is 1. The van der Waals surface area contributed by atoms with Crippen LogP contribution in [-0.2, 0) is 4.79 Å². The molecule has 0 saturated carbocycles. The lowest BCUT2D eigenvalue weighted by Crippen LogP contribution is -2.41. The van der Waals surface area contributed by atoms with E-state index in [0.29, 0.717) is 18.5 Å². The average molecular weight is 279 g/mol. The Morgan fingerprint density at radius 3 is 2.90 bits per heavy atom. The molecular weight excluding hydrogens is 262 g/mol. The summed E-state index contributed by atoms with van der Waals surface area (Å²) in [6.07, 6.45) is 4.58. The molecule has 0 amide bonds. The number of aryl methyl sites for hydroxylation is 1. The highest BCUT2D eigenvalue weighted by Gasteiger charge is 2.32. The number of nitro groups is 1. The number of hydrogen-bond acceptors (Lipinski definition) is 5. The fraction of sp³-hybridized carbons (Fsp3) is 0.538. The Hall–Kier alpha value is -2.18. The normalized spacial score (nSPS) is 19.4. The summed E-state index contributed by atoms with van der Waals surface area (Å²) in [6.45, 7) is 2.20. The zero-order chi connectivity index (χ0) is 14.7. The standard InChI is InChI=1S/C13H17N3O4/c1-9-7-11(16(19)20)12(14-8-9)15-6-4-2-3-5-10(15)13(17)18/h7-8,10H,2-6H2,1H3,(H,17,18). The van der Waals surface area contributed by atoms with Crippen LogP contribution in [0.25, 0.3) is 0 Å². The number of rotatable bonds is 3. The summed E-state index contributed by atoms with van der Waals surface area (Å²) < 4.78 is 0. The van der Waals surface area contributed by atoms with E-state index >= 15 is 0 Å². The van der Waals surface area contributed by atoms with Gasteiger partial charge in [-0.3, -0.25) is 10.1 Å². The number of pyridine rings is 1. The number of anilines is 1. The van der Waals surface area contributed by atoms with Crippen molar-refractivity contribution in [2.24, 2.45) is 0 Å². The van der Waals surface area contributed by atoms with E-state index in [1.807, 2.05) is 0 Å². The Bertz CT molecular complexity index is 532. The van der Waals surface area contributed by atoms with Crippen LogP contribution in [-0.4, -0.2) is 33.6 Å². The second-order valence-electron chi connectivity index (χ2n) is 5.01. The molecule has 1 saturated heterocycles. The highest BCUT2D eigenvalue weighted by molar-refractivity contribution is 5.79. The Balaban J connectivity index is 2.46. The van der Waals surface area contributed by atoms with Crippen molar-refractivity contribution < 1.29 is 14.8 Å². The minimum absolute atomic E-state index is 0.127. The van der Waals surface area contributed by atoms with Gasteiger partial charge in [-0.2, -0.15) is 0 Å². The van der Waals surface area contributed by atoms with E-state index in [1.54, 1.807) is 11.8 Å². The molecule has 2 heterocycles. The van der Waals surface area contributed by atoms with Gasteiger partial charge in [0.15, 0.2) is 0 Å². The summed E-state index contributed by atoms with van der Waals surface area (Å²) in [4.78, 5) is 27.8. The van der Waals surface area contributed by atoms with Gasteiger partial charge in [-0.25, -0.2) is 9.78 Å². The van der Waals surface area contributed by atoms with Crippen molar-refractivity contribution in [2.75, 3.05) is 11.4 Å². The summed E-state index contributed by atoms with van der Waals surface area (Å²) in [5.41, 5.74) is 0.556. The van der Waals surface area contributed by atoms with Crippen molar-refractivity contribution >= 4 is 17.5 Å². The van der Waals surface area contributed by atoms with Crippen molar-refractivity contribution in [3.63, 3.8) is 0 Å². The fourth-order valence-corrected chi connectivity index (χ4v) is 2.52. The molecule has 1 atom stereocenters. The van der Waals surface area contributed by atoms with Crippen molar-refractivity contribution in [3.05, 3.63) is 27.9 Å². The predicted octanol–water partition coefficient (Wildman–Crippen LogP) is 2.13. The quantitative estimate of drug-likeness (QED) is 0.672. The van der Waals surface area contributed by atoms with Gasteiger partial charge in [0.25, 0.3) is 0 Å².